The fourth-order valence-electron chi connectivity index (χ4n) is 5.76. The van der Waals surface area contributed by atoms with Gasteiger partial charge in [0.1, 0.15) is 0 Å². The van der Waals surface area contributed by atoms with Crippen LogP contribution in [0.2, 0.25) is 10.0 Å². The van der Waals surface area contributed by atoms with Crippen molar-refractivity contribution in [2.24, 2.45) is 0 Å². The van der Waals surface area contributed by atoms with Gasteiger partial charge < -0.3 is 21.3 Å². The van der Waals surface area contributed by atoms with Gasteiger partial charge >= 0.3 is 0 Å². The van der Waals surface area contributed by atoms with E-state index in [1.165, 1.54) is 0 Å². The number of hydrogen-bond donors (Lipinski definition) is 4. The van der Waals surface area contributed by atoms with Gasteiger partial charge in [0.25, 0.3) is 0 Å². The van der Waals surface area contributed by atoms with E-state index in [9.17, 15) is 9.59 Å². The van der Waals surface area contributed by atoms with Crippen molar-refractivity contribution in [3.05, 3.63) is 165 Å². The molecule has 0 heterocycles. The third-order valence-corrected chi connectivity index (χ3v) is 8.74. The van der Waals surface area contributed by atoms with Crippen LogP contribution in [0.5, 0.6) is 0 Å². The predicted molar refractivity (Wildman–Crippen MR) is 198 cm³/mol. The number of ketones is 2. The van der Waals surface area contributed by atoms with Crippen LogP contribution < -0.4 is 21.3 Å². The van der Waals surface area contributed by atoms with E-state index >= 15 is 0 Å². The molecule has 1 aliphatic carbocycles. The maximum atomic E-state index is 15.0. The van der Waals surface area contributed by atoms with E-state index in [4.69, 9.17) is 23.2 Å². The zero-order valence-corrected chi connectivity index (χ0v) is 27.6. The van der Waals surface area contributed by atoms with Crippen molar-refractivity contribution >= 4 is 80.3 Å². The standard InChI is InChI=1S/C40H30Cl2N4O2/c1-23-3-11-27(12-4-23)43-32-21-22-33(44-28-13-5-24(2)6-14-28)37-36(32)39(47)31-19-20-34(45-29-15-7-25(41)8-16-29)38(35(31)40(37)48)46-30-17-9-26(42)10-18-30/h3-22,43-46H,1-2H3. The normalized spacial score (nSPS) is 11.8. The number of rotatable bonds is 8. The van der Waals surface area contributed by atoms with Gasteiger partial charge in [0.2, 0.25) is 0 Å². The van der Waals surface area contributed by atoms with E-state index in [0.29, 0.717) is 49.6 Å². The number of halogens is 2. The van der Waals surface area contributed by atoms with Gasteiger partial charge in [-0.05, 0) is 111 Å². The second-order valence-electron chi connectivity index (χ2n) is 11.7. The Morgan fingerprint density at radius 1 is 0.396 bits per heavy atom. The lowest BCUT2D eigenvalue weighted by Gasteiger charge is -2.27. The summed E-state index contributed by atoms with van der Waals surface area (Å²) in [6.45, 7) is 4.03. The molecule has 48 heavy (non-hydrogen) atoms. The quantitative estimate of drug-likeness (QED) is 0.129. The first kappa shape index (κ1) is 31.1. The van der Waals surface area contributed by atoms with Crippen LogP contribution in [-0.4, -0.2) is 11.6 Å². The zero-order valence-electron chi connectivity index (χ0n) is 26.1. The summed E-state index contributed by atoms with van der Waals surface area (Å²) < 4.78 is 0. The van der Waals surface area contributed by atoms with Gasteiger partial charge in [-0.3, -0.25) is 9.59 Å². The number of hydrogen-bond acceptors (Lipinski definition) is 6. The van der Waals surface area contributed by atoms with E-state index in [1.807, 2.05) is 105 Å². The Bertz CT molecular complexity index is 2180. The zero-order chi connectivity index (χ0) is 33.4. The first-order valence-electron chi connectivity index (χ1n) is 15.4. The minimum absolute atomic E-state index is 0.265. The third-order valence-electron chi connectivity index (χ3n) is 8.23. The maximum absolute atomic E-state index is 15.0. The van der Waals surface area contributed by atoms with Gasteiger partial charge in [0, 0.05) is 38.4 Å². The molecule has 0 spiro atoms. The summed E-state index contributed by atoms with van der Waals surface area (Å²) in [6.07, 6.45) is 0. The Labute approximate surface area is 288 Å². The molecule has 0 atom stereocenters. The highest BCUT2D eigenvalue weighted by atomic mass is 35.5. The summed E-state index contributed by atoms with van der Waals surface area (Å²) in [5.74, 6) is -0.558. The molecule has 0 radical (unpaired) electrons. The highest BCUT2D eigenvalue weighted by Gasteiger charge is 2.37. The second-order valence-corrected chi connectivity index (χ2v) is 12.6. The van der Waals surface area contributed by atoms with Crippen molar-refractivity contribution in [2.45, 2.75) is 13.8 Å². The van der Waals surface area contributed by atoms with E-state index in [-0.39, 0.29) is 22.7 Å². The molecule has 236 valence electrons. The fraction of sp³-hybridized carbons (Fsp3) is 0.0500. The molecule has 0 aliphatic heterocycles. The van der Waals surface area contributed by atoms with Gasteiger partial charge in [-0.2, -0.15) is 0 Å². The Morgan fingerprint density at radius 3 is 1.25 bits per heavy atom. The monoisotopic (exact) mass is 668 g/mol. The van der Waals surface area contributed by atoms with Crippen LogP contribution in [0.4, 0.5) is 45.5 Å². The minimum Gasteiger partial charge on any atom is -0.355 e. The van der Waals surface area contributed by atoms with Gasteiger partial charge in [0.15, 0.2) is 11.6 Å². The molecule has 0 saturated heterocycles. The number of carbonyl (C=O) groups is 2. The second kappa shape index (κ2) is 12.9. The molecule has 6 nitrogen and oxygen atoms in total. The Hall–Kier alpha value is -5.56. The summed E-state index contributed by atoms with van der Waals surface area (Å²) >= 11 is 12.3. The molecule has 4 N–H and O–H groups in total. The van der Waals surface area contributed by atoms with E-state index in [2.05, 4.69) is 21.3 Å². The predicted octanol–water partition coefficient (Wildman–Crippen LogP) is 11.4. The molecule has 0 bridgehead atoms. The van der Waals surface area contributed by atoms with E-state index in [0.717, 1.165) is 28.2 Å². The number of aryl methyl sites for hydroxylation is 2. The van der Waals surface area contributed by atoms with E-state index in [1.54, 1.807) is 30.3 Å². The molecule has 6 aromatic rings. The fourth-order valence-corrected chi connectivity index (χ4v) is 6.01. The molecule has 0 amide bonds. The average Bonchev–Trinajstić information content (AvgIpc) is 3.08. The first-order valence-corrected chi connectivity index (χ1v) is 16.1. The Morgan fingerprint density at radius 2 is 0.771 bits per heavy atom. The molecule has 6 aromatic carbocycles. The molecule has 1 aliphatic rings. The summed E-state index contributed by atoms with van der Waals surface area (Å²) in [5, 5.41) is 14.8. The molecule has 0 aromatic heterocycles. The van der Waals surface area contributed by atoms with Gasteiger partial charge in [0.05, 0.1) is 39.4 Å². The topological polar surface area (TPSA) is 82.3 Å². The molecular formula is C40H30Cl2N4O2. The van der Waals surface area contributed by atoms with Gasteiger partial charge in [-0.15, -0.1) is 0 Å². The van der Waals surface area contributed by atoms with Crippen LogP contribution in [0.1, 0.15) is 43.0 Å². The molecule has 0 saturated carbocycles. The Kier molecular flexibility index (Phi) is 8.36. The summed E-state index contributed by atoms with van der Waals surface area (Å²) in [5.41, 5.74) is 8.59. The molecular weight excluding hydrogens is 639 g/mol. The molecule has 0 fully saturated rings. The van der Waals surface area contributed by atoms with Crippen molar-refractivity contribution in [3.8, 4) is 0 Å². The van der Waals surface area contributed by atoms with Crippen LogP contribution in [0.15, 0.2) is 121 Å². The maximum Gasteiger partial charge on any atom is 0.198 e. The number of anilines is 8. The highest BCUT2D eigenvalue weighted by molar-refractivity contribution is 6.34. The third kappa shape index (κ3) is 6.24. The van der Waals surface area contributed by atoms with Crippen molar-refractivity contribution in [3.63, 3.8) is 0 Å². The lowest BCUT2D eigenvalue weighted by atomic mass is 9.80. The molecule has 0 unspecified atom stereocenters. The van der Waals surface area contributed by atoms with Crippen molar-refractivity contribution in [1.29, 1.82) is 0 Å². The number of nitrogens with one attached hydrogen (secondary N) is 4. The average molecular weight is 670 g/mol. The largest absolute Gasteiger partial charge is 0.355 e. The lowest BCUT2D eigenvalue weighted by molar-refractivity contribution is 0.0981. The number of fused-ring (bicyclic) bond motifs is 2. The molecule has 8 heteroatoms. The van der Waals surface area contributed by atoms with Crippen molar-refractivity contribution in [2.75, 3.05) is 21.3 Å². The smallest absolute Gasteiger partial charge is 0.198 e. The lowest BCUT2D eigenvalue weighted by Crippen LogP contribution is -2.25. The minimum atomic E-state index is -0.294. The number of benzene rings is 6. The summed E-state index contributed by atoms with van der Waals surface area (Å²) in [4.78, 5) is 29.6. The SMILES string of the molecule is Cc1ccc(Nc2ccc(Nc3ccc(C)cc3)c3c2C(=O)c2ccc(Nc4ccc(Cl)cc4)c(Nc4ccc(Cl)cc4)c2C3=O)cc1. The van der Waals surface area contributed by atoms with Gasteiger partial charge in [-0.1, -0.05) is 58.6 Å². The summed E-state index contributed by atoms with van der Waals surface area (Å²) in [7, 11) is 0. The van der Waals surface area contributed by atoms with Crippen molar-refractivity contribution in [1.82, 2.24) is 0 Å². The van der Waals surface area contributed by atoms with Crippen molar-refractivity contribution < 1.29 is 9.59 Å². The summed E-state index contributed by atoms with van der Waals surface area (Å²) in [6, 6.07) is 37.4. The Balaban J connectivity index is 1.40. The van der Waals surface area contributed by atoms with Crippen LogP contribution in [0.25, 0.3) is 0 Å². The highest BCUT2D eigenvalue weighted by Crippen LogP contribution is 2.44. The van der Waals surface area contributed by atoms with Crippen LogP contribution in [-0.2, 0) is 0 Å². The van der Waals surface area contributed by atoms with Crippen LogP contribution >= 0.6 is 23.2 Å². The number of carbonyl (C=O) groups excluding carboxylic acids is 2. The first-order chi connectivity index (χ1) is 23.2. The van der Waals surface area contributed by atoms with Gasteiger partial charge in [-0.25, -0.2) is 0 Å². The van der Waals surface area contributed by atoms with Crippen LogP contribution in [0.3, 0.4) is 0 Å². The van der Waals surface area contributed by atoms with E-state index < -0.39 is 0 Å². The molecule has 7 rings (SSSR count). The van der Waals surface area contributed by atoms with Crippen LogP contribution in [0, 0.1) is 13.8 Å².